The van der Waals surface area contributed by atoms with Gasteiger partial charge in [0, 0.05) is 31.7 Å². The maximum atomic E-state index is 14.5. The van der Waals surface area contributed by atoms with Gasteiger partial charge in [-0.3, -0.25) is 14.3 Å². The molecule has 0 unspecified atom stereocenters. The summed E-state index contributed by atoms with van der Waals surface area (Å²) in [6, 6.07) is 12.7. The van der Waals surface area contributed by atoms with Crippen LogP contribution in [0.15, 0.2) is 70.2 Å². The molecule has 0 saturated carbocycles. The smallest absolute Gasteiger partial charge is 0.289 e. The number of piperazine rings is 1. The first-order valence-electron chi connectivity index (χ1n) is 10.4. The number of benzene rings is 2. The van der Waals surface area contributed by atoms with Crippen LogP contribution in [0.3, 0.4) is 0 Å². The number of methoxy groups -OCH3 is 1. The van der Waals surface area contributed by atoms with Gasteiger partial charge in [-0.25, -0.2) is 12.8 Å². The minimum atomic E-state index is -4.35. The average Bonchev–Trinajstić information content (AvgIpc) is 3.38. The second-order valence-corrected chi connectivity index (χ2v) is 9.16. The first-order chi connectivity index (χ1) is 16.3. The van der Waals surface area contributed by atoms with E-state index in [0.29, 0.717) is 0 Å². The second-order valence-electron chi connectivity index (χ2n) is 7.51. The van der Waals surface area contributed by atoms with Gasteiger partial charge in [-0.2, -0.15) is 0 Å². The number of halogens is 1. The summed E-state index contributed by atoms with van der Waals surface area (Å²) in [4.78, 5) is 27.8. The molecule has 34 heavy (non-hydrogen) atoms. The zero-order chi connectivity index (χ0) is 24.3. The zero-order valence-electron chi connectivity index (χ0n) is 18.2. The Bertz CT molecular complexity index is 1300. The number of hydrogen-bond acceptors (Lipinski definition) is 6. The third-order valence-corrected chi connectivity index (χ3v) is 6.79. The van der Waals surface area contributed by atoms with E-state index in [1.807, 2.05) is 0 Å². The number of anilines is 1. The van der Waals surface area contributed by atoms with Crippen molar-refractivity contribution in [1.29, 1.82) is 0 Å². The molecule has 1 aliphatic heterocycles. The molecule has 2 aromatic carbocycles. The summed E-state index contributed by atoms with van der Waals surface area (Å²) >= 11 is 0. The Morgan fingerprint density at radius 3 is 2.29 bits per heavy atom. The molecule has 2 amide bonds. The van der Waals surface area contributed by atoms with E-state index >= 15 is 0 Å². The van der Waals surface area contributed by atoms with Crippen molar-refractivity contribution in [2.24, 2.45) is 0 Å². The van der Waals surface area contributed by atoms with Crippen LogP contribution in [0.1, 0.15) is 20.9 Å². The van der Waals surface area contributed by atoms with Crippen molar-refractivity contribution in [2.75, 3.05) is 38.0 Å². The average molecular weight is 488 g/mol. The fourth-order valence-electron chi connectivity index (χ4n) is 3.62. The lowest BCUT2D eigenvalue weighted by atomic mass is 10.1. The quantitative estimate of drug-likeness (QED) is 0.573. The van der Waals surface area contributed by atoms with Gasteiger partial charge >= 0.3 is 0 Å². The highest BCUT2D eigenvalue weighted by molar-refractivity contribution is 7.92. The SMILES string of the molecule is COc1ccccc1NS(=O)(=O)c1cc(C(=O)N2CCN(C(=O)c3ccco3)CC2)ccc1F. The zero-order valence-corrected chi connectivity index (χ0v) is 19.0. The highest BCUT2D eigenvalue weighted by atomic mass is 32.2. The van der Waals surface area contributed by atoms with Crippen LogP contribution in [-0.4, -0.2) is 63.3 Å². The molecule has 3 aromatic rings. The Hall–Kier alpha value is -3.86. The van der Waals surface area contributed by atoms with E-state index in [4.69, 9.17) is 9.15 Å². The number of para-hydroxylation sites is 2. The number of ether oxygens (including phenoxy) is 1. The van der Waals surface area contributed by atoms with Crippen LogP contribution in [0.5, 0.6) is 5.75 Å². The number of carbonyl (C=O) groups is 2. The summed E-state index contributed by atoms with van der Waals surface area (Å²) in [7, 11) is -2.96. The topological polar surface area (TPSA) is 109 Å². The maximum absolute atomic E-state index is 14.5. The summed E-state index contributed by atoms with van der Waals surface area (Å²) in [5.74, 6) is -1.24. The molecule has 1 aromatic heterocycles. The molecular formula is C23H22FN3O6S. The fraction of sp³-hybridized carbons (Fsp3) is 0.217. The lowest BCUT2D eigenvalue weighted by Gasteiger charge is -2.34. The summed E-state index contributed by atoms with van der Waals surface area (Å²) in [6.07, 6.45) is 1.41. The molecule has 0 radical (unpaired) electrons. The minimum absolute atomic E-state index is 0.0209. The highest BCUT2D eigenvalue weighted by Crippen LogP contribution is 2.27. The largest absolute Gasteiger partial charge is 0.495 e. The molecule has 0 aliphatic carbocycles. The molecule has 0 atom stereocenters. The molecule has 0 bridgehead atoms. The van der Waals surface area contributed by atoms with Crippen molar-refractivity contribution < 1.29 is 31.6 Å². The summed E-state index contributed by atoms with van der Waals surface area (Å²) in [5, 5.41) is 0. The van der Waals surface area contributed by atoms with Crippen LogP contribution in [0.25, 0.3) is 0 Å². The van der Waals surface area contributed by atoms with Gasteiger partial charge in [0.1, 0.15) is 16.5 Å². The molecule has 11 heteroatoms. The summed E-state index contributed by atoms with van der Waals surface area (Å²) < 4.78 is 52.8. The van der Waals surface area contributed by atoms with Gasteiger partial charge in [-0.05, 0) is 42.5 Å². The van der Waals surface area contributed by atoms with Crippen molar-refractivity contribution in [3.63, 3.8) is 0 Å². The number of rotatable bonds is 6. The van der Waals surface area contributed by atoms with Crippen molar-refractivity contribution in [3.8, 4) is 5.75 Å². The van der Waals surface area contributed by atoms with Gasteiger partial charge in [-0.15, -0.1) is 0 Å². The number of nitrogens with zero attached hydrogens (tertiary/aromatic N) is 2. The molecular weight excluding hydrogens is 465 g/mol. The van der Waals surface area contributed by atoms with E-state index in [-0.39, 0.29) is 54.8 Å². The van der Waals surface area contributed by atoms with Crippen LogP contribution in [0.4, 0.5) is 10.1 Å². The number of furan rings is 1. The van der Waals surface area contributed by atoms with E-state index in [9.17, 15) is 22.4 Å². The van der Waals surface area contributed by atoms with Gasteiger partial charge in [0.05, 0.1) is 19.1 Å². The maximum Gasteiger partial charge on any atom is 0.289 e. The molecule has 1 aliphatic rings. The predicted octanol–water partition coefficient (Wildman–Crippen LogP) is 2.83. The third kappa shape index (κ3) is 4.74. The Morgan fingerprint density at radius 2 is 1.65 bits per heavy atom. The molecule has 1 fully saturated rings. The van der Waals surface area contributed by atoms with Gasteiger partial charge < -0.3 is 19.0 Å². The molecule has 178 valence electrons. The Labute approximate surface area is 195 Å². The van der Waals surface area contributed by atoms with Crippen LogP contribution < -0.4 is 9.46 Å². The second kappa shape index (κ2) is 9.56. The van der Waals surface area contributed by atoms with E-state index in [0.717, 1.165) is 12.1 Å². The van der Waals surface area contributed by atoms with E-state index < -0.39 is 26.6 Å². The van der Waals surface area contributed by atoms with Gasteiger partial charge in [0.2, 0.25) is 0 Å². The molecule has 9 nitrogen and oxygen atoms in total. The van der Waals surface area contributed by atoms with Gasteiger partial charge in [0.15, 0.2) is 5.76 Å². The Balaban J connectivity index is 1.49. The monoisotopic (exact) mass is 487 g/mol. The number of amides is 2. The van der Waals surface area contributed by atoms with Gasteiger partial charge in [0.25, 0.3) is 21.8 Å². The Morgan fingerprint density at radius 1 is 0.971 bits per heavy atom. The predicted molar refractivity (Wildman–Crippen MR) is 121 cm³/mol. The lowest BCUT2D eigenvalue weighted by Crippen LogP contribution is -2.50. The van der Waals surface area contributed by atoms with E-state index in [2.05, 4.69) is 4.72 Å². The van der Waals surface area contributed by atoms with Crippen LogP contribution >= 0.6 is 0 Å². The third-order valence-electron chi connectivity index (χ3n) is 5.41. The molecule has 2 heterocycles. The fourth-order valence-corrected chi connectivity index (χ4v) is 4.80. The lowest BCUT2D eigenvalue weighted by molar-refractivity contribution is 0.0518. The Kier molecular flexibility index (Phi) is 6.55. The highest BCUT2D eigenvalue weighted by Gasteiger charge is 2.28. The van der Waals surface area contributed by atoms with Crippen molar-refractivity contribution in [3.05, 3.63) is 78.0 Å². The molecule has 1 saturated heterocycles. The van der Waals surface area contributed by atoms with E-state index in [1.165, 1.54) is 30.4 Å². The van der Waals surface area contributed by atoms with Crippen LogP contribution in [-0.2, 0) is 10.0 Å². The minimum Gasteiger partial charge on any atom is -0.495 e. The standard InChI is InChI=1S/C23H22FN3O6S/c1-32-19-6-3-2-5-18(19)25-34(30,31)21-15-16(8-9-17(21)24)22(28)26-10-12-27(13-11-26)23(29)20-7-4-14-33-20/h2-9,14-15,25H,10-13H2,1H3. The van der Waals surface area contributed by atoms with Crippen molar-refractivity contribution in [1.82, 2.24) is 9.80 Å². The van der Waals surface area contributed by atoms with Gasteiger partial charge in [-0.1, -0.05) is 12.1 Å². The molecule has 4 rings (SSSR count). The van der Waals surface area contributed by atoms with Crippen LogP contribution in [0.2, 0.25) is 0 Å². The molecule has 1 N–H and O–H groups in total. The summed E-state index contributed by atoms with van der Waals surface area (Å²) in [5.41, 5.74) is 0.158. The normalized spacial score (nSPS) is 14.1. The number of nitrogens with one attached hydrogen (secondary N) is 1. The van der Waals surface area contributed by atoms with Crippen LogP contribution in [0, 0.1) is 5.82 Å². The van der Waals surface area contributed by atoms with Crippen molar-refractivity contribution in [2.45, 2.75) is 4.90 Å². The first kappa shape index (κ1) is 23.3. The van der Waals surface area contributed by atoms with Crippen molar-refractivity contribution >= 4 is 27.5 Å². The molecule has 0 spiro atoms. The number of carbonyl (C=O) groups excluding carboxylic acids is 2. The number of sulfonamides is 1. The first-order valence-corrected chi connectivity index (χ1v) is 11.9. The van der Waals surface area contributed by atoms with E-state index in [1.54, 1.807) is 35.2 Å². The summed E-state index contributed by atoms with van der Waals surface area (Å²) in [6.45, 7) is 1.05. The number of hydrogen-bond donors (Lipinski definition) is 1.